The fourth-order valence-electron chi connectivity index (χ4n) is 4.59. The lowest BCUT2D eigenvalue weighted by atomic mass is 9.86. The van der Waals surface area contributed by atoms with Crippen LogP contribution in [0.2, 0.25) is 0 Å². The van der Waals surface area contributed by atoms with Gasteiger partial charge in [0.1, 0.15) is 5.75 Å². The molecule has 1 saturated heterocycles. The number of benzene rings is 2. The van der Waals surface area contributed by atoms with E-state index in [1.165, 1.54) is 18.2 Å². The SMILES string of the molecule is N#Cc1ccc2c(c1)[C@@H]1CN(CCCCNC(=O)c3ccccc3C(F)(F)F)C[C@H]1CO2. The maximum absolute atomic E-state index is 13.1. The van der Waals surface area contributed by atoms with Crippen LogP contribution in [0.5, 0.6) is 5.75 Å². The van der Waals surface area contributed by atoms with Gasteiger partial charge in [-0.2, -0.15) is 18.4 Å². The fraction of sp³-hybridized carbons (Fsp3) is 0.417. The molecule has 0 aliphatic carbocycles. The van der Waals surface area contributed by atoms with E-state index in [0.717, 1.165) is 43.4 Å². The molecule has 2 heterocycles. The molecule has 0 aromatic heterocycles. The number of hydrogen-bond donors (Lipinski definition) is 1. The molecule has 2 aromatic carbocycles. The molecule has 2 aromatic rings. The maximum atomic E-state index is 13.1. The number of nitrogens with zero attached hydrogens (tertiary/aromatic N) is 2. The molecule has 8 heteroatoms. The zero-order valence-corrected chi connectivity index (χ0v) is 17.5. The minimum Gasteiger partial charge on any atom is -0.493 e. The number of carbonyl (C=O) groups is 1. The number of ether oxygens (including phenoxy) is 1. The summed E-state index contributed by atoms with van der Waals surface area (Å²) in [6.45, 7) is 3.63. The Morgan fingerprint density at radius 2 is 2.00 bits per heavy atom. The Hall–Kier alpha value is -3.05. The van der Waals surface area contributed by atoms with E-state index in [1.54, 1.807) is 6.07 Å². The van der Waals surface area contributed by atoms with E-state index in [-0.39, 0.29) is 5.56 Å². The van der Waals surface area contributed by atoms with Crippen LogP contribution >= 0.6 is 0 Å². The summed E-state index contributed by atoms with van der Waals surface area (Å²) in [6, 6.07) is 12.6. The second kappa shape index (κ2) is 9.21. The smallest absolute Gasteiger partial charge is 0.417 e. The maximum Gasteiger partial charge on any atom is 0.417 e. The van der Waals surface area contributed by atoms with Crippen LogP contribution in [-0.2, 0) is 6.18 Å². The van der Waals surface area contributed by atoms with Gasteiger partial charge in [0.15, 0.2) is 0 Å². The van der Waals surface area contributed by atoms with Gasteiger partial charge in [-0.15, -0.1) is 0 Å². The summed E-state index contributed by atoms with van der Waals surface area (Å²) < 4.78 is 45.1. The highest BCUT2D eigenvalue weighted by molar-refractivity contribution is 5.95. The van der Waals surface area contributed by atoms with Gasteiger partial charge in [-0.3, -0.25) is 4.79 Å². The Morgan fingerprint density at radius 1 is 1.19 bits per heavy atom. The summed E-state index contributed by atoms with van der Waals surface area (Å²) in [5, 5.41) is 11.8. The van der Waals surface area contributed by atoms with E-state index < -0.39 is 17.6 Å². The van der Waals surface area contributed by atoms with Crippen LogP contribution in [0.1, 0.15) is 45.8 Å². The normalized spacial score (nSPS) is 20.1. The van der Waals surface area contributed by atoms with Gasteiger partial charge in [-0.05, 0) is 49.7 Å². The van der Waals surface area contributed by atoms with Gasteiger partial charge in [-0.1, -0.05) is 12.1 Å². The van der Waals surface area contributed by atoms with Gasteiger partial charge in [0.2, 0.25) is 0 Å². The van der Waals surface area contributed by atoms with Gasteiger partial charge in [-0.25, -0.2) is 0 Å². The summed E-state index contributed by atoms with van der Waals surface area (Å²) in [7, 11) is 0. The van der Waals surface area contributed by atoms with E-state index in [4.69, 9.17) is 4.74 Å². The number of hydrogen-bond acceptors (Lipinski definition) is 4. The predicted octanol–water partition coefficient (Wildman–Crippen LogP) is 4.20. The first-order valence-electron chi connectivity index (χ1n) is 10.7. The molecule has 1 fully saturated rings. The summed E-state index contributed by atoms with van der Waals surface area (Å²) >= 11 is 0. The molecule has 2 aliphatic rings. The molecule has 0 unspecified atom stereocenters. The quantitative estimate of drug-likeness (QED) is 0.680. The summed E-state index contributed by atoms with van der Waals surface area (Å²) in [5.74, 6) is 0.877. The van der Waals surface area contributed by atoms with Crippen molar-refractivity contribution in [1.82, 2.24) is 10.2 Å². The van der Waals surface area contributed by atoms with Crippen LogP contribution in [0.15, 0.2) is 42.5 Å². The largest absolute Gasteiger partial charge is 0.493 e. The molecule has 2 atom stereocenters. The van der Waals surface area contributed by atoms with Crippen molar-refractivity contribution in [3.05, 3.63) is 64.7 Å². The zero-order chi connectivity index (χ0) is 22.7. The van der Waals surface area contributed by atoms with Crippen LogP contribution in [0.4, 0.5) is 13.2 Å². The molecule has 32 heavy (non-hydrogen) atoms. The van der Waals surface area contributed by atoms with Gasteiger partial charge >= 0.3 is 6.18 Å². The number of fused-ring (bicyclic) bond motifs is 3. The third-order valence-corrected chi connectivity index (χ3v) is 6.17. The van der Waals surface area contributed by atoms with E-state index in [0.29, 0.717) is 37.0 Å². The molecular weight excluding hydrogens is 419 g/mol. The van der Waals surface area contributed by atoms with Crippen LogP contribution in [0.3, 0.4) is 0 Å². The van der Waals surface area contributed by atoms with Crippen molar-refractivity contribution >= 4 is 5.91 Å². The minimum atomic E-state index is -4.56. The minimum absolute atomic E-state index is 0.323. The number of amides is 1. The fourth-order valence-corrected chi connectivity index (χ4v) is 4.59. The van der Waals surface area contributed by atoms with Crippen LogP contribution < -0.4 is 10.1 Å². The molecule has 2 aliphatic heterocycles. The Labute approximate surface area is 184 Å². The van der Waals surface area contributed by atoms with E-state index >= 15 is 0 Å². The predicted molar refractivity (Wildman–Crippen MR) is 112 cm³/mol. The number of unbranched alkanes of at least 4 members (excludes halogenated alkanes) is 1. The summed E-state index contributed by atoms with van der Waals surface area (Å²) in [5.41, 5.74) is 0.464. The number of carbonyl (C=O) groups excluding carboxylic acids is 1. The highest BCUT2D eigenvalue weighted by atomic mass is 19.4. The van der Waals surface area contributed by atoms with Crippen molar-refractivity contribution in [2.75, 3.05) is 32.8 Å². The molecular formula is C24H24F3N3O2. The van der Waals surface area contributed by atoms with E-state index in [9.17, 15) is 23.2 Å². The molecule has 0 bridgehead atoms. The molecule has 5 nitrogen and oxygen atoms in total. The molecule has 4 rings (SSSR count). The summed E-state index contributed by atoms with van der Waals surface area (Å²) in [6.07, 6.45) is -3.05. The van der Waals surface area contributed by atoms with Crippen molar-refractivity contribution in [3.8, 4) is 11.8 Å². The number of alkyl halides is 3. The zero-order valence-electron chi connectivity index (χ0n) is 17.5. The standard InChI is InChI=1S/C24H24F3N3O2/c25-24(26,27)21-6-2-1-5-18(21)23(31)29-9-3-4-10-30-13-17-15-32-22-8-7-16(12-28)11-19(22)20(17)14-30/h1-2,5-8,11,17,20H,3-4,9-10,13-15H2,(H,29,31)/t17-,20+/m0/s1. The van der Waals surface area contributed by atoms with Crippen molar-refractivity contribution in [3.63, 3.8) is 0 Å². The Bertz CT molecular complexity index is 1030. The van der Waals surface area contributed by atoms with Gasteiger partial charge in [0, 0.05) is 37.0 Å². The average Bonchev–Trinajstić information content (AvgIpc) is 3.21. The molecule has 1 N–H and O–H groups in total. The van der Waals surface area contributed by atoms with Crippen LogP contribution in [0.25, 0.3) is 0 Å². The van der Waals surface area contributed by atoms with Crippen LogP contribution in [0, 0.1) is 17.2 Å². The Kier molecular flexibility index (Phi) is 6.38. The Morgan fingerprint density at radius 3 is 2.78 bits per heavy atom. The molecule has 0 spiro atoms. The van der Waals surface area contributed by atoms with Gasteiger partial charge in [0.05, 0.1) is 29.4 Å². The third-order valence-electron chi connectivity index (χ3n) is 6.17. The van der Waals surface area contributed by atoms with Gasteiger partial charge in [0.25, 0.3) is 5.91 Å². The van der Waals surface area contributed by atoms with Crippen molar-refractivity contribution in [1.29, 1.82) is 5.26 Å². The molecule has 168 valence electrons. The highest BCUT2D eigenvalue weighted by Crippen LogP contribution is 2.42. The first-order valence-corrected chi connectivity index (χ1v) is 10.7. The van der Waals surface area contributed by atoms with Crippen molar-refractivity contribution < 1.29 is 22.7 Å². The van der Waals surface area contributed by atoms with Crippen molar-refractivity contribution in [2.24, 2.45) is 5.92 Å². The van der Waals surface area contributed by atoms with Crippen molar-refractivity contribution in [2.45, 2.75) is 24.9 Å². The number of nitriles is 1. The number of nitrogens with one attached hydrogen (secondary N) is 1. The first-order chi connectivity index (χ1) is 15.4. The number of rotatable bonds is 6. The lowest BCUT2D eigenvalue weighted by Gasteiger charge is -2.27. The summed E-state index contributed by atoms with van der Waals surface area (Å²) in [4.78, 5) is 14.6. The number of halogens is 3. The second-order valence-electron chi connectivity index (χ2n) is 8.31. The second-order valence-corrected chi connectivity index (χ2v) is 8.31. The molecule has 0 radical (unpaired) electrons. The Balaban J connectivity index is 1.25. The lowest BCUT2D eigenvalue weighted by molar-refractivity contribution is -0.137. The van der Waals surface area contributed by atoms with Crippen LogP contribution in [-0.4, -0.2) is 43.6 Å². The van der Waals surface area contributed by atoms with E-state index in [2.05, 4.69) is 16.3 Å². The molecule has 0 saturated carbocycles. The third kappa shape index (κ3) is 4.73. The first kappa shape index (κ1) is 22.2. The lowest BCUT2D eigenvalue weighted by Crippen LogP contribution is -2.28. The topological polar surface area (TPSA) is 65.4 Å². The monoisotopic (exact) mass is 443 g/mol. The average molecular weight is 443 g/mol. The van der Waals surface area contributed by atoms with E-state index in [1.807, 2.05) is 12.1 Å². The van der Waals surface area contributed by atoms with Gasteiger partial charge < -0.3 is 15.0 Å². The molecule has 1 amide bonds. The highest BCUT2D eigenvalue weighted by Gasteiger charge is 2.38. The number of likely N-dealkylation sites (tertiary alicyclic amines) is 1.